The molecule has 3 rings (SSSR count). The molecule has 0 amide bonds. The van der Waals surface area contributed by atoms with Crippen LogP contribution in [0.1, 0.15) is 5.89 Å². The normalized spacial score (nSPS) is 11.0. The lowest BCUT2D eigenvalue weighted by atomic mass is 10.2. The molecule has 0 unspecified atom stereocenters. The maximum absolute atomic E-state index is 5.85. The highest BCUT2D eigenvalue weighted by Crippen LogP contribution is 2.26. The maximum atomic E-state index is 5.85. The van der Waals surface area contributed by atoms with E-state index >= 15 is 0 Å². The van der Waals surface area contributed by atoms with E-state index in [9.17, 15) is 0 Å². The highest BCUT2D eigenvalue weighted by Gasteiger charge is 2.10. The molecule has 0 spiro atoms. The van der Waals surface area contributed by atoms with Crippen LogP contribution in [0.25, 0.3) is 11.4 Å². The Balaban J connectivity index is 1.70. The second kappa shape index (κ2) is 6.27. The Bertz CT molecular complexity index is 809. The van der Waals surface area contributed by atoms with Gasteiger partial charge in [-0.1, -0.05) is 39.9 Å². The molecule has 2 heterocycles. The van der Waals surface area contributed by atoms with Gasteiger partial charge in [-0.2, -0.15) is 10.1 Å². The fraction of sp³-hybridized carbons (Fsp3) is 0.167. The third-order valence-corrected chi connectivity index (χ3v) is 5.34. The Morgan fingerprint density at radius 1 is 1.38 bits per heavy atom. The Hall–Kier alpha value is -1.22. The molecule has 9 heteroatoms. The zero-order valence-electron chi connectivity index (χ0n) is 10.8. The molecule has 0 saturated heterocycles. The third-order valence-electron chi connectivity index (χ3n) is 2.56. The first-order chi connectivity index (χ1) is 10.1. The third kappa shape index (κ3) is 3.52. The van der Waals surface area contributed by atoms with Crippen molar-refractivity contribution in [2.75, 3.05) is 0 Å². The van der Waals surface area contributed by atoms with Gasteiger partial charge in [0.2, 0.25) is 11.7 Å². The lowest BCUT2D eigenvalue weighted by molar-refractivity contribution is 0.391. The van der Waals surface area contributed by atoms with Gasteiger partial charge in [0.05, 0.1) is 5.75 Å². The van der Waals surface area contributed by atoms with E-state index in [2.05, 4.69) is 15.2 Å². The summed E-state index contributed by atoms with van der Waals surface area (Å²) < 4.78 is 8.54. The second-order valence-corrected chi connectivity index (χ2v) is 7.35. The maximum Gasteiger partial charge on any atom is 0.237 e. The van der Waals surface area contributed by atoms with Crippen LogP contribution in [0.5, 0.6) is 0 Å². The van der Waals surface area contributed by atoms with Gasteiger partial charge in [-0.25, -0.2) is 4.68 Å². The summed E-state index contributed by atoms with van der Waals surface area (Å²) in [6.07, 6.45) is 0. The standard InChI is InChI=1S/C12H9ClN4OS3/c1-17-12(19)21-11(15-17)20-6-9-14-10(16-18-9)7-2-4-8(13)5-3-7/h2-5H,6H2,1H3. The number of thioether (sulfide) groups is 1. The number of hydrogen-bond acceptors (Lipinski definition) is 7. The summed E-state index contributed by atoms with van der Waals surface area (Å²) in [5.74, 6) is 1.66. The number of nitrogens with zero attached hydrogens (tertiary/aromatic N) is 4. The molecule has 0 saturated carbocycles. The Kier molecular flexibility index (Phi) is 4.39. The van der Waals surface area contributed by atoms with Crippen molar-refractivity contribution in [2.45, 2.75) is 10.1 Å². The lowest BCUT2D eigenvalue weighted by Gasteiger charge is -1.93. The van der Waals surface area contributed by atoms with Crippen LogP contribution >= 0.6 is 46.9 Å². The average molecular weight is 357 g/mol. The van der Waals surface area contributed by atoms with Gasteiger partial charge in [-0.3, -0.25) is 0 Å². The van der Waals surface area contributed by atoms with E-state index in [1.807, 2.05) is 19.2 Å². The van der Waals surface area contributed by atoms with Crippen LogP contribution in [0, 0.1) is 3.95 Å². The van der Waals surface area contributed by atoms with Crippen molar-refractivity contribution < 1.29 is 4.52 Å². The Labute approximate surface area is 139 Å². The van der Waals surface area contributed by atoms with Crippen LogP contribution in [0.2, 0.25) is 5.02 Å². The largest absolute Gasteiger partial charge is 0.338 e. The van der Waals surface area contributed by atoms with Gasteiger partial charge in [0.15, 0.2) is 8.29 Å². The van der Waals surface area contributed by atoms with Crippen LogP contribution < -0.4 is 0 Å². The first-order valence-electron chi connectivity index (χ1n) is 5.87. The number of benzene rings is 1. The van der Waals surface area contributed by atoms with Gasteiger partial charge < -0.3 is 4.52 Å². The summed E-state index contributed by atoms with van der Waals surface area (Å²) in [7, 11) is 1.83. The van der Waals surface area contributed by atoms with Gasteiger partial charge in [0.25, 0.3) is 0 Å². The quantitative estimate of drug-likeness (QED) is 0.515. The molecule has 108 valence electrons. The van der Waals surface area contributed by atoms with Crippen molar-refractivity contribution in [3.05, 3.63) is 39.1 Å². The molecule has 2 aromatic heterocycles. The molecular formula is C12H9ClN4OS3. The molecule has 0 aliphatic rings. The molecule has 5 nitrogen and oxygen atoms in total. The number of hydrogen-bond donors (Lipinski definition) is 0. The van der Waals surface area contributed by atoms with Crippen LogP contribution in [-0.2, 0) is 12.8 Å². The van der Waals surface area contributed by atoms with Crippen LogP contribution in [0.4, 0.5) is 0 Å². The number of aryl methyl sites for hydroxylation is 1. The van der Waals surface area contributed by atoms with E-state index in [0.29, 0.717) is 22.5 Å². The minimum atomic E-state index is 0.550. The highest BCUT2D eigenvalue weighted by molar-refractivity contribution is 8.00. The molecule has 0 aliphatic heterocycles. The van der Waals surface area contributed by atoms with Crippen LogP contribution in [-0.4, -0.2) is 19.9 Å². The number of rotatable bonds is 4. The van der Waals surface area contributed by atoms with Crippen molar-refractivity contribution in [2.24, 2.45) is 7.05 Å². The van der Waals surface area contributed by atoms with Gasteiger partial charge in [0, 0.05) is 17.6 Å². The molecular weight excluding hydrogens is 348 g/mol. The fourth-order valence-electron chi connectivity index (χ4n) is 1.54. The fourth-order valence-corrected chi connectivity index (χ4v) is 3.78. The van der Waals surface area contributed by atoms with E-state index < -0.39 is 0 Å². The molecule has 21 heavy (non-hydrogen) atoms. The summed E-state index contributed by atoms with van der Waals surface area (Å²) in [6, 6.07) is 7.30. The first-order valence-corrected chi connectivity index (χ1v) is 8.46. The Morgan fingerprint density at radius 3 is 2.81 bits per heavy atom. The van der Waals surface area contributed by atoms with Crippen molar-refractivity contribution in [3.8, 4) is 11.4 Å². The predicted octanol–water partition coefficient (Wildman–Crippen LogP) is 4.21. The van der Waals surface area contributed by atoms with Crippen LogP contribution in [0.3, 0.4) is 0 Å². The molecule has 0 bridgehead atoms. The molecule has 0 fully saturated rings. The van der Waals surface area contributed by atoms with E-state index in [1.54, 1.807) is 16.8 Å². The summed E-state index contributed by atoms with van der Waals surface area (Å²) in [4.78, 5) is 4.36. The molecule has 0 radical (unpaired) electrons. The molecule has 0 atom stereocenters. The second-order valence-electron chi connectivity index (χ2n) is 4.06. The predicted molar refractivity (Wildman–Crippen MR) is 86.2 cm³/mol. The van der Waals surface area contributed by atoms with E-state index in [1.165, 1.54) is 23.1 Å². The van der Waals surface area contributed by atoms with Gasteiger partial charge in [-0.05, 0) is 36.5 Å². The van der Waals surface area contributed by atoms with E-state index in [0.717, 1.165) is 13.9 Å². The zero-order chi connectivity index (χ0) is 14.8. The Morgan fingerprint density at radius 2 is 2.14 bits per heavy atom. The minimum Gasteiger partial charge on any atom is -0.338 e. The molecule has 3 aromatic rings. The first kappa shape index (κ1) is 14.7. The lowest BCUT2D eigenvalue weighted by Crippen LogP contribution is -1.89. The average Bonchev–Trinajstić information content (AvgIpc) is 3.05. The van der Waals surface area contributed by atoms with Crippen molar-refractivity contribution in [1.82, 2.24) is 19.9 Å². The number of aromatic nitrogens is 4. The van der Waals surface area contributed by atoms with Gasteiger partial charge in [0.1, 0.15) is 0 Å². The van der Waals surface area contributed by atoms with E-state index in [-0.39, 0.29) is 0 Å². The summed E-state index contributed by atoms with van der Waals surface area (Å²) in [5.41, 5.74) is 0.868. The summed E-state index contributed by atoms with van der Waals surface area (Å²) in [5, 5.41) is 8.93. The molecule has 1 aromatic carbocycles. The summed E-state index contributed by atoms with van der Waals surface area (Å²) >= 11 is 14.0. The van der Waals surface area contributed by atoms with Crippen molar-refractivity contribution in [1.29, 1.82) is 0 Å². The monoisotopic (exact) mass is 356 g/mol. The molecule has 0 N–H and O–H groups in total. The number of halogens is 1. The van der Waals surface area contributed by atoms with Crippen molar-refractivity contribution in [3.63, 3.8) is 0 Å². The minimum absolute atomic E-state index is 0.550. The van der Waals surface area contributed by atoms with Crippen LogP contribution in [0.15, 0.2) is 33.1 Å². The zero-order valence-corrected chi connectivity index (χ0v) is 14.0. The topological polar surface area (TPSA) is 56.7 Å². The van der Waals surface area contributed by atoms with Gasteiger partial charge >= 0.3 is 0 Å². The van der Waals surface area contributed by atoms with Gasteiger partial charge in [-0.15, -0.1) is 0 Å². The highest BCUT2D eigenvalue weighted by atomic mass is 35.5. The van der Waals surface area contributed by atoms with Crippen molar-refractivity contribution >= 4 is 46.9 Å². The molecule has 0 aliphatic carbocycles. The SMILES string of the molecule is Cn1nc(SCc2nc(-c3ccc(Cl)cc3)no2)sc1=S. The smallest absolute Gasteiger partial charge is 0.237 e. The summed E-state index contributed by atoms with van der Waals surface area (Å²) in [6.45, 7) is 0. The van der Waals surface area contributed by atoms with E-state index in [4.69, 9.17) is 28.3 Å².